The second-order valence-electron chi connectivity index (χ2n) is 2.48. The first-order valence-electron chi connectivity index (χ1n) is 3.86. The number of rotatable bonds is 3. The number of nitrogens with one attached hydrogen (secondary N) is 3. The van der Waals surface area contributed by atoms with Gasteiger partial charge in [-0.15, -0.1) is 10.2 Å². The van der Waals surface area contributed by atoms with Gasteiger partial charge in [0, 0.05) is 6.20 Å². The molecule has 1 amide bonds. The van der Waals surface area contributed by atoms with Gasteiger partial charge in [-0.05, 0) is 6.07 Å². The van der Waals surface area contributed by atoms with Crippen molar-refractivity contribution in [2.45, 2.75) is 6.54 Å². The number of tetrazole rings is 1. The molecule has 0 aliphatic rings. The summed E-state index contributed by atoms with van der Waals surface area (Å²) in [5, 5.41) is 21.8. The van der Waals surface area contributed by atoms with Crippen LogP contribution in [0.4, 0.5) is 0 Å². The molecule has 2 aromatic heterocycles. The Hall–Kier alpha value is -2.25. The molecule has 0 spiro atoms. The van der Waals surface area contributed by atoms with Gasteiger partial charge >= 0.3 is 0 Å². The summed E-state index contributed by atoms with van der Waals surface area (Å²) in [5.41, 5.74) is 0.397. The molecule has 14 heavy (non-hydrogen) atoms. The number of hydrogen-bond acceptors (Lipinski definition) is 5. The minimum absolute atomic E-state index is 0.231. The third-order valence-electron chi connectivity index (χ3n) is 1.54. The predicted molar refractivity (Wildman–Crippen MR) is 43.9 cm³/mol. The van der Waals surface area contributed by atoms with Gasteiger partial charge in [-0.25, -0.2) is 0 Å². The molecule has 2 aromatic rings. The maximum atomic E-state index is 11.3. The number of aromatic amines is 2. The van der Waals surface area contributed by atoms with Gasteiger partial charge in [0.2, 0.25) is 0 Å². The topological polar surface area (TPSA) is 112 Å². The molecule has 0 aromatic carbocycles. The highest BCUT2D eigenvalue weighted by molar-refractivity contribution is 5.91. The van der Waals surface area contributed by atoms with Gasteiger partial charge in [0.25, 0.3) is 5.91 Å². The van der Waals surface area contributed by atoms with Crippen molar-refractivity contribution in [1.82, 2.24) is 36.1 Å². The van der Waals surface area contributed by atoms with Crippen LogP contribution in [0.15, 0.2) is 12.3 Å². The molecule has 0 unspecified atom stereocenters. The Bertz CT molecular complexity index is 392. The summed E-state index contributed by atoms with van der Waals surface area (Å²) in [4.78, 5) is 11.3. The number of amides is 1. The Morgan fingerprint density at radius 3 is 3.14 bits per heavy atom. The van der Waals surface area contributed by atoms with Crippen molar-refractivity contribution in [3.63, 3.8) is 0 Å². The first-order chi connectivity index (χ1) is 6.86. The molecule has 0 saturated carbocycles. The van der Waals surface area contributed by atoms with Gasteiger partial charge in [0.05, 0.1) is 6.54 Å². The van der Waals surface area contributed by atoms with Gasteiger partial charge < -0.3 is 5.32 Å². The number of aromatic nitrogens is 6. The van der Waals surface area contributed by atoms with Crippen molar-refractivity contribution < 1.29 is 4.79 Å². The molecule has 0 saturated heterocycles. The minimum atomic E-state index is -0.257. The number of hydrogen-bond donors (Lipinski definition) is 3. The van der Waals surface area contributed by atoms with Crippen LogP contribution in [-0.2, 0) is 6.54 Å². The van der Waals surface area contributed by atoms with Crippen LogP contribution in [0.2, 0.25) is 0 Å². The highest BCUT2D eigenvalue weighted by Gasteiger charge is 2.06. The van der Waals surface area contributed by atoms with Gasteiger partial charge in [0.15, 0.2) is 5.82 Å². The Morgan fingerprint density at radius 1 is 1.57 bits per heavy atom. The maximum Gasteiger partial charge on any atom is 0.269 e. The SMILES string of the molecule is O=C(NCc1nn[nH]n1)c1ccn[nH]1. The summed E-state index contributed by atoms with van der Waals surface area (Å²) < 4.78 is 0. The third-order valence-corrected chi connectivity index (χ3v) is 1.54. The molecule has 3 N–H and O–H groups in total. The van der Waals surface area contributed by atoms with Crippen LogP contribution >= 0.6 is 0 Å². The summed E-state index contributed by atoms with van der Waals surface area (Å²) in [7, 11) is 0. The fourth-order valence-electron chi connectivity index (χ4n) is 0.894. The molecule has 0 aliphatic heterocycles. The first-order valence-corrected chi connectivity index (χ1v) is 3.86. The lowest BCUT2D eigenvalue weighted by molar-refractivity contribution is 0.0945. The number of carbonyl (C=O) groups excluding carboxylic acids is 1. The minimum Gasteiger partial charge on any atom is -0.343 e. The van der Waals surface area contributed by atoms with E-state index in [0.29, 0.717) is 11.5 Å². The van der Waals surface area contributed by atoms with Crippen LogP contribution in [0.1, 0.15) is 16.3 Å². The molecule has 8 heteroatoms. The van der Waals surface area contributed by atoms with Crippen LogP contribution in [0.5, 0.6) is 0 Å². The van der Waals surface area contributed by atoms with Crippen molar-refractivity contribution in [3.8, 4) is 0 Å². The van der Waals surface area contributed by atoms with E-state index in [4.69, 9.17) is 0 Å². The molecule has 0 bridgehead atoms. The van der Waals surface area contributed by atoms with E-state index in [2.05, 4.69) is 36.1 Å². The number of nitrogens with zero attached hydrogens (tertiary/aromatic N) is 4. The Balaban J connectivity index is 1.90. The smallest absolute Gasteiger partial charge is 0.269 e. The quantitative estimate of drug-likeness (QED) is 0.570. The van der Waals surface area contributed by atoms with E-state index in [-0.39, 0.29) is 12.5 Å². The molecule has 2 rings (SSSR count). The van der Waals surface area contributed by atoms with Gasteiger partial charge in [-0.3, -0.25) is 9.89 Å². The Kier molecular flexibility index (Phi) is 2.17. The largest absolute Gasteiger partial charge is 0.343 e. The van der Waals surface area contributed by atoms with Crippen molar-refractivity contribution in [1.29, 1.82) is 0 Å². The van der Waals surface area contributed by atoms with E-state index in [1.807, 2.05) is 0 Å². The zero-order chi connectivity index (χ0) is 9.80. The van der Waals surface area contributed by atoms with Crippen LogP contribution in [0, 0.1) is 0 Å². The zero-order valence-corrected chi connectivity index (χ0v) is 7.06. The van der Waals surface area contributed by atoms with Gasteiger partial charge in [-0.2, -0.15) is 10.3 Å². The van der Waals surface area contributed by atoms with Crippen molar-refractivity contribution in [2.75, 3.05) is 0 Å². The van der Waals surface area contributed by atoms with E-state index < -0.39 is 0 Å². The summed E-state index contributed by atoms with van der Waals surface area (Å²) in [6.07, 6.45) is 1.50. The molecule has 2 heterocycles. The van der Waals surface area contributed by atoms with E-state index in [1.165, 1.54) is 6.20 Å². The van der Waals surface area contributed by atoms with E-state index >= 15 is 0 Å². The number of carbonyl (C=O) groups is 1. The van der Waals surface area contributed by atoms with E-state index in [0.717, 1.165) is 0 Å². The third kappa shape index (κ3) is 1.73. The van der Waals surface area contributed by atoms with E-state index in [9.17, 15) is 4.79 Å². The fraction of sp³-hybridized carbons (Fsp3) is 0.167. The summed E-state index contributed by atoms with van der Waals surface area (Å²) in [6, 6.07) is 1.57. The average molecular weight is 193 g/mol. The molecular formula is C6H7N7O. The molecular weight excluding hydrogens is 186 g/mol. The normalized spacial score (nSPS) is 10.0. The lowest BCUT2D eigenvalue weighted by atomic mass is 10.4. The summed E-state index contributed by atoms with van der Waals surface area (Å²) in [5.74, 6) is 0.171. The fourth-order valence-corrected chi connectivity index (χ4v) is 0.894. The second kappa shape index (κ2) is 3.64. The molecule has 0 atom stereocenters. The van der Waals surface area contributed by atoms with Crippen molar-refractivity contribution >= 4 is 5.91 Å². The number of H-pyrrole nitrogens is 2. The van der Waals surface area contributed by atoms with Crippen LogP contribution in [0.25, 0.3) is 0 Å². The molecule has 0 radical (unpaired) electrons. The predicted octanol–water partition coefficient (Wildman–Crippen LogP) is -1.15. The Morgan fingerprint density at radius 2 is 2.50 bits per heavy atom. The second-order valence-corrected chi connectivity index (χ2v) is 2.48. The van der Waals surface area contributed by atoms with Gasteiger partial charge in [-0.1, -0.05) is 5.21 Å². The molecule has 0 fully saturated rings. The maximum absolute atomic E-state index is 11.3. The highest BCUT2D eigenvalue weighted by Crippen LogP contribution is 1.91. The van der Waals surface area contributed by atoms with Crippen molar-refractivity contribution in [2.24, 2.45) is 0 Å². The Labute approximate surface area is 78.1 Å². The molecule has 8 nitrogen and oxygen atoms in total. The average Bonchev–Trinajstić information content (AvgIpc) is 2.87. The first kappa shape index (κ1) is 8.35. The van der Waals surface area contributed by atoms with E-state index in [1.54, 1.807) is 6.07 Å². The lowest BCUT2D eigenvalue weighted by Crippen LogP contribution is -2.23. The lowest BCUT2D eigenvalue weighted by Gasteiger charge is -1.97. The monoisotopic (exact) mass is 193 g/mol. The molecule has 72 valence electrons. The van der Waals surface area contributed by atoms with Crippen LogP contribution < -0.4 is 5.32 Å². The van der Waals surface area contributed by atoms with Crippen LogP contribution in [0.3, 0.4) is 0 Å². The molecule has 0 aliphatic carbocycles. The van der Waals surface area contributed by atoms with Gasteiger partial charge in [0.1, 0.15) is 5.69 Å². The summed E-state index contributed by atoms with van der Waals surface area (Å²) in [6.45, 7) is 0.231. The zero-order valence-electron chi connectivity index (χ0n) is 7.06. The van der Waals surface area contributed by atoms with Crippen molar-refractivity contribution in [3.05, 3.63) is 23.8 Å². The summed E-state index contributed by atoms with van der Waals surface area (Å²) >= 11 is 0. The van der Waals surface area contributed by atoms with Crippen LogP contribution in [-0.4, -0.2) is 36.7 Å². The highest BCUT2D eigenvalue weighted by atomic mass is 16.1. The standard InChI is InChI=1S/C6H7N7O/c14-6(4-1-2-8-9-4)7-3-5-10-12-13-11-5/h1-2H,3H2,(H,7,14)(H,8,9)(H,10,11,12,13).